The monoisotopic (exact) mass is 390 g/mol. The van der Waals surface area contributed by atoms with Crippen LogP contribution in [0.4, 0.5) is 0 Å². The SMILES string of the molecule is CBCc1ccc(C(=O)NC2CCC(NC(=O)c3ccc(CC)cc3)CC2)cc1. The van der Waals surface area contributed by atoms with Gasteiger partial charge in [-0.15, -0.1) is 0 Å². The van der Waals surface area contributed by atoms with Gasteiger partial charge >= 0.3 is 0 Å². The Bertz CT molecular complexity index is 810. The molecule has 3 rings (SSSR count). The number of hydrogen-bond donors (Lipinski definition) is 2. The minimum atomic E-state index is -0.00712. The minimum absolute atomic E-state index is 0.00320. The molecule has 2 aromatic carbocycles. The highest BCUT2D eigenvalue weighted by Crippen LogP contribution is 2.20. The normalized spacial score (nSPS) is 18.7. The molecule has 2 amide bonds. The zero-order chi connectivity index (χ0) is 20.6. The van der Waals surface area contributed by atoms with Gasteiger partial charge in [0.15, 0.2) is 0 Å². The van der Waals surface area contributed by atoms with Gasteiger partial charge in [0.25, 0.3) is 11.8 Å². The number of hydrogen-bond acceptors (Lipinski definition) is 2. The zero-order valence-electron chi connectivity index (χ0n) is 17.5. The lowest BCUT2D eigenvalue weighted by Gasteiger charge is -2.29. The Hall–Kier alpha value is -2.56. The second kappa shape index (κ2) is 10.3. The van der Waals surface area contributed by atoms with Crippen molar-refractivity contribution in [2.24, 2.45) is 0 Å². The summed E-state index contributed by atoms with van der Waals surface area (Å²) in [5.74, 6) is -0.0103. The van der Waals surface area contributed by atoms with Crippen LogP contribution in [0.5, 0.6) is 0 Å². The maximum atomic E-state index is 12.5. The summed E-state index contributed by atoms with van der Waals surface area (Å²) in [5, 5.41) is 6.30. The number of benzene rings is 2. The number of carbonyl (C=O) groups is 2. The van der Waals surface area contributed by atoms with E-state index in [4.69, 9.17) is 0 Å². The van der Waals surface area contributed by atoms with E-state index in [0.717, 1.165) is 51.3 Å². The molecular weight excluding hydrogens is 359 g/mol. The molecule has 0 saturated heterocycles. The largest absolute Gasteiger partial charge is 0.349 e. The van der Waals surface area contributed by atoms with Crippen molar-refractivity contribution in [3.05, 3.63) is 70.8 Å². The minimum Gasteiger partial charge on any atom is -0.349 e. The van der Waals surface area contributed by atoms with Crippen LogP contribution in [0.15, 0.2) is 48.5 Å². The lowest BCUT2D eigenvalue weighted by Crippen LogP contribution is -2.43. The van der Waals surface area contributed by atoms with E-state index >= 15 is 0 Å². The molecule has 0 spiro atoms. The van der Waals surface area contributed by atoms with Crippen LogP contribution < -0.4 is 10.6 Å². The Labute approximate surface area is 174 Å². The fraction of sp³-hybridized carbons (Fsp3) is 0.417. The van der Waals surface area contributed by atoms with E-state index in [-0.39, 0.29) is 23.9 Å². The van der Waals surface area contributed by atoms with Crippen LogP contribution in [-0.2, 0) is 12.7 Å². The van der Waals surface area contributed by atoms with Crippen LogP contribution in [0.2, 0.25) is 6.82 Å². The fourth-order valence-electron chi connectivity index (χ4n) is 3.92. The molecule has 5 heteroatoms. The predicted octanol–water partition coefficient (Wildman–Crippen LogP) is 3.70. The van der Waals surface area contributed by atoms with Crippen LogP contribution in [0.25, 0.3) is 0 Å². The summed E-state index contributed by atoms with van der Waals surface area (Å²) < 4.78 is 0. The Morgan fingerprint density at radius 1 is 0.793 bits per heavy atom. The highest BCUT2D eigenvalue weighted by Gasteiger charge is 2.24. The molecule has 29 heavy (non-hydrogen) atoms. The Balaban J connectivity index is 1.44. The summed E-state index contributed by atoms with van der Waals surface area (Å²) in [6, 6.07) is 16.1. The van der Waals surface area contributed by atoms with Crippen molar-refractivity contribution in [3.63, 3.8) is 0 Å². The Kier molecular flexibility index (Phi) is 7.51. The van der Waals surface area contributed by atoms with E-state index in [2.05, 4.69) is 24.4 Å². The van der Waals surface area contributed by atoms with E-state index in [0.29, 0.717) is 5.56 Å². The van der Waals surface area contributed by atoms with Crippen LogP contribution in [0, 0.1) is 0 Å². The van der Waals surface area contributed by atoms with Gasteiger partial charge in [0.1, 0.15) is 7.28 Å². The van der Waals surface area contributed by atoms with Crippen molar-refractivity contribution in [1.29, 1.82) is 0 Å². The molecule has 2 N–H and O–H groups in total. The Morgan fingerprint density at radius 3 is 1.59 bits per heavy atom. The van der Waals surface area contributed by atoms with Crippen LogP contribution in [0.3, 0.4) is 0 Å². The third-order valence-corrected chi connectivity index (χ3v) is 5.78. The molecule has 1 fully saturated rings. The van der Waals surface area contributed by atoms with Crippen LogP contribution in [0.1, 0.15) is 64.4 Å². The van der Waals surface area contributed by atoms with Crippen molar-refractivity contribution in [1.82, 2.24) is 10.6 Å². The first-order valence-electron chi connectivity index (χ1n) is 10.9. The average molecular weight is 390 g/mol. The molecule has 0 atom stereocenters. The number of rotatable bonds is 7. The molecule has 0 unspecified atom stereocenters. The maximum absolute atomic E-state index is 12.5. The van der Waals surface area contributed by atoms with Crippen molar-refractivity contribution >= 4 is 19.1 Å². The molecule has 2 aromatic rings. The number of amides is 2. The number of aryl methyl sites for hydroxylation is 1. The topological polar surface area (TPSA) is 58.2 Å². The van der Waals surface area contributed by atoms with Crippen molar-refractivity contribution < 1.29 is 9.59 Å². The molecule has 0 aliphatic heterocycles. The van der Waals surface area contributed by atoms with Gasteiger partial charge in [-0.2, -0.15) is 0 Å². The third-order valence-electron chi connectivity index (χ3n) is 5.78. The van der Waals surface area contributed by atoms with Gasteiger partial charge in [-0.25, -0.2) is 0 Å². The summed E-state index contributed by atoms with van der Waals surface area (Å²) in [6.45, 7) is 4.26. The highest BCUT2D eigenvalue weighted by atomic mass is 16.2. The number of carbonyl (C=O) groups excluding carboxylic acids is 2. The standard InChI is InChI=1S/C24H31BN2O2/c1-3-17-4-8-19(9-5-17)23(28)26-21-12-14-22(15-13-21)27-24(29)20-10-6-18(7-11-20)16-25-2/h4-11,21-22,25H,3,12-16H2,1-2H3,(H,26,28)(H,27,29). The number of nitrogens with one attached hydrogen (secondary N) is 2. The summed E-state index contributed by atoms with van der Waals surface area (Å²) in [6.07, 6.45) is 5.57. The van der Waals surface area contributed by atoms with Gasteiger partial charge in [-0.3, -0.25) is 9.59 Å². The summed E-state index contributed by atoms with van der Waals surface area (Å²) in [4.78, 5) is 24.9. The maximum Gasteiger partial charge on any atom is 0.251 e. The van der Waals surface area contributed by atoms with Crippen LogP contribution in [-0.4, -0.2) is 31.2 Å². The third kappa shape index (κ3) is 5.96. The van der Waals surface area contributed by atoms with E-state index in [1.165, 1.54) is 11.1 Å². The van der Waals surface area contributed by atoms with Crippen molar-refractivity contribution in [2.45, 2.75) is 64.3 Å². The predicted molar refractivity (Wildman–Crippen MR) is 120 cm³/mol. The first-order chi connectivity index (χ1) is 14.1. The molecular formula is C24H31BN2O2. The molecule has 0 bridgehead atoms. The molecule has 152 valence electrons. The van der Waals surface area contributed by atoms with Gasteiger partial charge in [0.05, 0.1) is 0 Å². The lowest BCUT2D eigenvalue weighted by atomic mass is 9.75. The second-order valence-corrected chi connectivity index (χ2v) is 7.99. The summed E-state index contributed by atoms with van der Waals surface area (Å²) in [5.41, 5.74) is 3.93. The van der Waals surface area contributed by atoms with Gasteiger partial charge in [-0.1, -0.05) is 49.9 Å². The summed E-state index contributed by atoms with van der Waals surface area (Å²) in [7, 11) is 1.11. The highest BCUT2D eigenvalue weighted by molar-refractivity contribution is 6.32. The van der Waals surface area contributed by atoms with Gasteiger partial charge in [0, 0.05) is 23.2 Å². The first kappa shape index (κ1) is 21.2. The zero-order valence-corrected chi connectivity index (χ0v) is 17.5. The fourth-order valence-corrected chi connectivity index (χ4v) is 3.92. The average Bonchev–Trinajstić information content (AvgIpc) is 2.76. The summed E-state index contributed by atoms with van der Waals surface area (Å²) >= 11 is 0. The first-order valence-corrected chi connectivity index (χ1v) is 10.9. The van der Waals surface area contributed by atoms with Crippen molar-refractivity contribution in [3.8, 4) is 0 Å². The second-order valence-electron chi connectivity index (χ2n) is 7.99. The molecule has 0 heterocycles. The van der Waals surface area contributed by atoms with E-state index < -0.39 is 0 Å². The molecule has 4 nitrogen and oxygen atoms in total. The molecule has 0 radical (unpaired) electrons. The van der Waals surface area contributed by atoms with E-state index in [1.54, 1.807) is 0 Å². The quantitative estimate of drug-likeness (QED) is 0.709. The molecule has 0 aromatic heterocycles. The smallest absolute Gasteiger partial charge is 0.251 e. The van der Waals surface area contributed by atoms with E-state index in [1.807, 2.05) is 48.5 Å². The van der Waals surface area contributed by atoms with Crippen molar-refractivity contribution in [2.75, 3.05) is 0 Å². The molecule has 1 saturated carbocycles. The van der Waals surface area contributed by atoms with E-state index in [9.17, 15) is 9.59 Å². The molecule has 1 aliphatic carbocycles. The van der Waals surface area contributed by atoms with Crippen LogP contribution >= 0.6 is 0 Å². The lowest BCUT2D eigenvalue weighted by molar-refractivity contribution is 0.0892. The Morgan fingerprint density at radius 2 is 1.21 bits per heavy atom. The van der Waals surface area contributed by atoms with Gasteiger partial charge in [0.2, 0.25) is 0 Å². The van der Waals surface area contributed by atoms with Gasteiger partial charge in [-0.05, 0) is 61.9 Å². The molecule has 1 aliphatic rings. The van der Waals surface area contributed by atoms with Gasteiger partial charge < -0.3 is 10.6 Å².